The summed E-state index contributed by atoms with van der Waals surface area (Å²) in [7, 11) is 0. The minimum atomic E-state index is -0.607. The van der Waals surface area contributed by atoms with E-state index in [0.29, 0.717) is 10.4 Å². The molecule has 156 valence electrons. The minimum Gasteiger partial charge on any atom is -0.462 e. The molecule has 1 aromatic heterocycles. The first-order valence-electron chi connectivity index (χ1n) is 9.19. The van der Waals surface area contributed by atoms with Gasteiger partial charge in [-0.2, -0.15) is 5.26 Å². The molecule has 8 heteroatoms. The van der Waals surface area contributed by atoms with Gasteiger partial charge < -0.3 is 9.47 Å². The minimum absolute atomic E-state index is 0.0319. The molecule has 6 nitrogen and oxygen atoms in total. The first-order valence-corrected chi connectivity index (χ1v) is 11.1. The standard InChI is InChI=1S/C22H20INO5S/c1-4-28-21(26)19-13(3)20(22(27)29-5-2)30-18(19)11-17(25)15(12-24)9-14-7-6-8-16(23)10-14/h6-10H,4-5,11H2,1-3H3/b15-9+. The van der Waals surface area contributed by atoms with Crippen molar-refractivity contribution < 1.29 is 23.9 Å². The molecule has 1 heterocycles. The van der Waals surface area contributed by atoms with Gasteiger partial charge in [-0.3, -0.25) is 4.79 Å². The summed E-state index contributed by atoms with van der Waals surface area (Å²) in [6, 6.07) is 9.32. The Morgan fingerprint density at radius 1 is 1.17 bits per heavy atom. The molecule has 0 saturated heterocycles. The number of halogens is 1. The third-order valence-corrected chi connectivity index (χ3v) is 6.00. The van der Waals surface area contributed by atoms with Gasteiger partial charge in [0.2, 0.25) is 0 Å². The fourth-order valence-electron chi connectivity index (χ4n) is 2.74. The molecular formula is C22H20INO5S. The predicted molar refractivity (Wildman–Crippen MR) is 122 cm³/mol. The Morgan fingerprint density at radius 2 is 1.83 bits per heavy atom. The van der Waals surface area contributed by atoms with E-state index in [2.05, 4.69) is 22.6 Å². The average Bonchev–Trinajstić information content (AvgIpc) is 3.02. The van der Waals surface area contributed by atoms with Gasteiger partial charge in [-0.05, 0) is 72.7 Å². The zero-order valence-corrected chi connectivity index (χ0v) is 19.8. The molecule has 0 amide bonds. The van der Waals surface area contributed by atoms with Crippen LogP contribution in [0.4, 0.5) is 0 Å². The molecule has 0 spiro atoms. The molecule has 0 aliphatic carbocycles. The van der Waals surface area contributed by atoms with Crippen molar-refractivity contribution in [2.45, 2.75) is 27.2 Å². The van der Waals surface area contributed by atoms with Crippen LogP contribution in [0.5, 0.6) is 0 Å². The van der Waals surface area contributed by atoms with Crippen molar-refractivity contribution >= 4 is 57.7 Å². The molecule has 0 fully saturated rings. The lowest BCUT2D eigenvalue weighted by molar-refractivity contribution is -0.114. The van der Waals surface area contributed by atoms with Crippen LogP contribution in [-0.2, 0) is 20.7 Å². The van der Waals surface area contributed by atoms with Gasteiger partial charge in [-0.25, -0.2) is 9.59 Å². The summed E-state index contributed by atoms with van der Waals surface area (Å²) >= 11 is 3.17. The van der Waals surface area contributed by atoms with Crippen molar-refractivity contribution in [3.63, 3.8) is 0 Å². The van der Waals surface area contributed by atoms with Crippen molar-refractivity contribution in [2.24, 2.45) is 0 Å². The predicted octanol–water partition coefficient (Wildman–Crippen LogP) is 4.73. The monoisotopic (exact) mass is 537 g/mol. The van der Waals surface area contributed by atoms with E-state index >= 15 is 0 Å². The molecule has 1 aromatic carbocycles. The SMILES string of the molecule is CCOC(=O)c1sc(CC(=O)/C(C#N)=C/c2cccc(I)c2)c(C(=O)OCC)c1C. The Labute approximate surface area is 192 Å². The van der Waals surface area contributed by atoms with E-state index in [-0.39, 0.29) is 35.6 Å². The zero-order valence-electron chi connectivity index (χ0n) is 16.8. The second-order valence-electron chi connectivity index (χ2n) is 6.12. The third-order valence-electron chi connectivity index (χ3n) is 4.06. The van der Waals surface area contributed by atoms with Crippen LogP contribution in [0, 0.1) is 21.8 Å². The van der Waals surface area contributed by atoms with E-state index in [1.165, 1.54) is 6.08 Å². The molecule has 0 N–H and O–H groups in total. The number of rotatable bonds is 8. The number of Topliss-reactive ketones (excluding diaryl/α,β-unsaturated/α-hetero) is 1. The third kappa shape index (κ3) is 5.77. The number of carbonyl (C=O) groups excluding carboxylic acids is 3. The number of esters is 2. The van der Waals surface area contributed by atoms with Gasteiger partial charge in [0.05, 0.1) is 24.4 Å². The number of ketones is 1. The van der Waals surface area contributed by atoms with Crippen LogP contribution < -0.4 is 0 Å². The molecule has 30 heavy (non-hydrogen) atoms. The van der Waals surface area contributed by atoms with E-state index in [1.807, 2.05) is 24.3 Å². The van der Waals surface area contributed by atoms with Crippen LogP contribution in [0.3, 0.4) is 0 Å². The summed E-state index contributed by atoms with van der Waals surface area (Å²) in [6.07, 6.45) is 1.32. The maximum absolute atomic E-state index is 12.8. The first kappa shape index (κ1) is 23.8. The van der Waals surface area contributed by atoms with E-state index < -0.39 is 17.7 Å². The summed E-state index contributed by atoms with van der Waals surface area (Å²) in [5.41, 5.74) is 1.30. The molecule has 0 radical (unpaired) electrons. The first-order chi connectivity index (χ1) is 14.3. The molecule has 2 rings (SSSR count). The molecule has 0 bridgehead atoms. The molecule has 2 aromatic rings. The molecule has 0 aliphatic heterocycles. The number of nitriles is 1. The second kappa shape index (κ2) is 11.0. The number of hydrogen-bond donors (Lipinski definition) is 0. The van der Waals surface area contributed by atoms with Crippen LogP contribution in [-0.4, -0.2) is 30.9 Å². The maximum atomic E-state index is 12.8. The fraction of sp³-hybridized carbons (Fsp3) is 0.273. The maximum Gasteiger partial charge on any atom is 0.348 e. The number of nitrogens with zero attached hydrogens (tertiary/aromatic N) is 1. The number of thiophene rings is 1. The average molecular weight is 537 g/mol. The largest absolute Gasteiger partial charge is 0.462 e. The van der Waals surface area contributed by atoms with Crippen LogP contribution in [0.15, 0.2) is 29.8 Å². The normalized spacial score (nSPS) is 11.0. The van der Waals surface area contributed by atoms with Crippen molar-refractivity contribution in [1.82, 2.24) is 0 Å². The van der Waals surface area contributed by atoms with Gasteiger partial charge in [0.1, 0.15) is 10.9 Å². The van der Waals surface area contributed by atoms with Crippen molar-refractivity contribution in [3.05, 3.63) is 59.9 Å². The van der Waals surface area contributed by atoms with Crippen LogP contribution in [0.25, 0.3) is 6.08 Å². The highest BCUT2D eigenvalue weighted by atomic mass is 127. The summed E-state index contributed by atoms with van der Waals surface area (Å²) < 4.78 is 11.1. The highest BCUT2D eigenvalue weighted by molar-refractivity contribution is 14.1. The number of hydrogen-bond acceptors (Lipinski definition) is 7. The van der Waals surface area contributed by atoms with Gasteiger partial charge in [0.25, 0.3) is 0 Å². The summed E-state index contributed by atoms with van der Waals surface area (Å²) in [4.78, 5) is 38.2. The summed E-state index contributed by atoms with van der Waals surface area (Å²) in [6.45, 7) is 5.33. The smallest absolute Gasteiger partial charge is 0.348 e. The lowest BCUT2D eigenvalue weighted by Gasteiger charge is -2.05. The van der Waals surface area contributed by atoms with Crippen LogP contribution >= 0.6 is 33.9 Å². The van der Waals surface area contributed by atoms with Crippen LogP contribution in [0.1, 0.15) is 49.9 Å². The van der Waals surface area contributed by atoms with Crippen LogP contribution in [0.2, 0.25) is 0 Å². The van der Waals surface area contributed by atoms with Gasteiger partial charge in [0, 0.05) is 14.9 Å². The van der Waals surface area contributed by atoms with Gasteiger partial charge >= 0.3 is 11.9 Å². The van der Waals surface area contributed by atoms with Gasteiger partial charge in [-0.15, -0.1) is 11.3 Å². The summed E-state index contributed by atoms with van der Waals surface area (Å²) in [5.74, 6) is -1.61. The second-order valence-corrected chi connectivity index (χ2v) is 8.47. The highest BCUT2D eigenvalue weighted by Gasteiger charge is 2.27. The number of ether oxygens (including phenoxy) is 2. The molecule has 0 aliphatic rings. The van der Waals surface area contributed by atoms with Crippen molar-refractivity contribution in [3.8, 4) is 6.07 Å². The Kier molecular flexibility index (Phi) is 8.74. The Morgan fingerprint density at radius 3 is 2.43 bits per heavy atom. The highest BCUT2D eigenvalue weighted by Crippen LogP contribution is 2.31. The lowest BCUT2D eigenvalue weighted by atomic mass is 10.0. The number of benzene rings is 1. The molecular weight excluding hydrogens is 517 g/mol. The Hall–Kier alpha value is -2.51. The number of carbonyl (C=O) groups is 3. The molecule has 0 atom stereocenters. The topological polar surface area (TPSA) is 93.5 Å². The molecule has 0 unspecified atom stereocenters. The number of allylic oxidation sites excluding steroid dienone is 1. The lowest BCUT2D eigenvalue weighted by Crippen LogP contribution is -2.12. The zero-order chi connectivity index (χ0) is 22.3. The quantitative estimate of drug-likeness (QED) is 0.209. The van der Waals surface area contributed by atoms with Gasteiger partial charge in [-0.1, -0.05) is 12.1 Å². The molecule has 0 saturated carbocycles. The van der Waals surface area contributed by atoms with Gasteiger partial charge in [0.15, 0.2) is 5.78 Å². The van der Waals surface area contributed by atoms with E-state index in [4.69, 9.17) is 9.47 Å². The Bertz CT molecular complexity index is 1050. The van der Waals surface area contributed by atoms with E-state index in [0.717, 1.165) is 20.5 Å². The fourth-order valence-corrected chi connectivity index (χ4v) is 4.49. The van der Waals surface area contributed by atoms with E-state index in [9.17, 15) is 19.6 Å². The Balaban J connectivity index is 2.43. The summed E-state index contributed by atoms with van der Waals surface area (Å²) in [5, 5.41) is 9.48. The van der Waals surface area contributed by atoms with Crippen molar-refractivity contribution in [2.75, 3.05) is 13.2 Å². The van der Waals surface area contributed by atoms with E-state index in [1.54, 1.807) is 26.8 Å². The van der Waals surface area contributed by atoms with Crippen molar-refractivity contribution in [1.29, 1.82) is 5.26 Å².